The maximum Gasteiger partial charge on any atom is 0.237 e. The maximum atomic E-state index is 13.3. The molecule has 2 atom stereocenters. The first-order valence-corrected chi connectivity index (χ1v) is 11.2. The molecule has 3 nitrogen and oxygen atoms in total. The summed E-state index contributed by atoms with van der Waals surface area (Å²) < 4.78 is 0. The first kappa shape index (κ1) is 17.1. The van der Waals surface area contributed by atoms with Gasteiger partial charge >= 0.3 is 0 Å². The number of aromatic nitrogens is 1. The molecule has 2 fully saturated rings. The number of hydrogen-bond acceptors (Lipinski definition) is 4. The Kier molecular flexibility index (Phi) is 4.87. The molecule has 0 radical (unpaired) electrons. The fraction of sp³-hybridized carbons (Fsp3) is 0.500. The van der Waals surface area contributed by atoms with Crippen LogP contribution < -0.4 is 5.32 Å². The number of hydrogen-bond donors (Lipinski definition) is 1. The molecule has 132 valence electrons. The number of anilines is 1. The summed E-state index contributed by atoms with van der Waals surface area (Å²) in [4.78, 5) is 18.7. The maximum absolute atomic E-state index is 13.3. The van der Waals surface area contributed by atoms with Crippen LogP contribution in [0, 0.1) is 11.8 Å². The third-order valence-electron chi connectivity index (χ3n) is 5.90. The van der Waals surface area contributed by atoms with Crippen LogP contribution in [-0.2, 0) is 10.2 Å². The highest BCUT2D eigenvalue weighted by atomic mass is 32.2. The van der Waals surface area contributed by atoms with Gasteiger partial charge in [-0.25, -0.2) is 4.98 Å². The predicted molar refractivity (Wildman–Crippen MR) is 105 cm³/mol. The van der Waals surface area contributed by atoms with Gasteiger partial charge < -0.3 is 5.32 Å². The van der Waals surface area contributed by atoms with Gasteiger partial charge in [-0.2, -0.15) is 0 Å². The van der Waals surface area contributed by atoms with Crippen LogP contribution in [0.2, 0.25) is 0 Å². The molecule has 1 unspecified atom stereocenters. The Morgan fingerprint density at radius 2 is 2.00 bits per heavy atom. The van der Waals surface area contributed by atoms with E-state index >= 15 is 0 Å². The van der Waals surface area contributed by atoms with E-state index < -0.39 is 0 Å². The van der Waals surface area contributed by atoms with Crippen molar-refractivity contribution in [1.82, 2.24) is 4.98 Å². The minimum atomic E-state index is -0.357. The average molecular weight is 373 g/mol. The van der Waals surface area contributed by atoms with Gasteiger partial charge in [0.2, 0.25) is 5.91 Å². The van der Waals surface area contributed by atoms with Crippen molar-refractivity contribution in [2.24, 2.45) is 11.8 Å². The van der Waals surface area contributed by atoms with Crippen molar-refractivity contribution in [3.05, 3.63) is 41.4 Å². The van der Waals surface area contributed by atoms with E-state index in [1.807, 2.05) is 5.38 Å². The fourth-order valence-electron chi connectivity index (χ4n) is 4.50. The van der Waals surface area contributed by atoms with Crippen molar-refractivity contribution in [3.63, 3.8) is 0 Å². The summed E-state index contributed by atoms with van der Waals surface area (Å²) in [6.45, 7) is 0. The van der Waals surface area contributed by atoms with E-state index in [1.165, 1.54) is 53.9 Å². The summed E-state index contributed by atoms with van der Waals surface area (Å²) in [6.07, 6.45) is 11.3. The molecular formula is C20H24N2OS2. The molecule has 4 rings (SSSR count). The number of carbonyl (C=O) groups is 1. The molecule has 1 amide bonds. The zero-order valence-electron chi connectivity index (χ0n) is 14.5. The summed E-state index contributed by atoms with van der Waals surface area (Å²) in [6, 6.07) is 8.62. The average Bonchev–Trinajstić information content (AvgIpc) is 3.24. The van der Waals surface area contributed by atoms with Gasteiger partial charge in [-0.15, -0.1) is 23.1 Å². The highest BCUT2D eigenvalue weighted by molar-refractivity contribution is 7.98. The van der Waals surface area contributed by atoms with Gasteiger partial charge in [-0.3, -0.25) is 4.79 Å². The van der Waals surface area contributed by atoms with Gasteiger partial charge in [0.05, 0.1) is 5.41 Å². The van der Waals surface area contributed by atoms with Gasteiger partial charge in [0.15, 0.2) is 5.13 Å². The molecule has 1 aromatic carbocycles. The van der Waals surface area contributed by atoms with E-state index in [4.69, 9.17) is 0 Å². The molecule has 1 aromatic heterocycles. The molecule has 2 aliphatic rings. The van der Waals surface area contributed by atoms with Crippen LogP contribution in [0.1, 0.15) is 44.1 Å². The summed E-state index contributed by atoms with van der Waals surface area (Å²) >= 11 is 3.23. The Morgan fingerprint density at radius 3 is 2.64 bits per heavy atom. The van der Waals surface area contributed by atoms with E-state index in [1.54, 1.807) is 18.0 Å². The molecule has 0 aliphatic heterocycles. The number of rotatable bonds is 5. The Balaban J connectivity index is 1.62. The van der Waals surface area contributed by atoms with Crippen molar-refractivity contribution < 1.29 is 4.79 Å². The normalized spacial score (nSPS) is 26.4. The minimum Gasteiger partial charge on any atom is -0.301 e. The second kappa shape index (κ2) is 7.12. The minimum absolute atomic E-state index is 0.134. The van der Waals surface area contributed by atoms with E-state index in [9.17, 15) is 4.79 Å². The second-order valence-corrected chi connectivity index (χ2v) is 8.97. The van der Waals surface area contributed by atoms with Crippen LogP contribution in [0.5, 0.6) is 0 Å². The molecule has 0 spiro atoms. The number of thioether (sulfide) groups is 1. The lowest BCUT2D eigenvalue weighted by atomic mass is 9.80. The second-order valence-electron chi connectivity index (χ2n) is 7.20. The van der Waals surface area contributed by atoms with E-state index in [0.29, 0.717) is 17.0 Å². The zero-order valence-corrected chi connectivity index (χ0v) is 16.2. The Hall–Kier alpha value is -1.33. The quantitative estimate of drug-likeness (QED) is 0.720. The molecule has 1 heterocycles. The molecule has 2 aromatic rings. The molecule has 1 N–H and O–H groups in total. The molecule has 2 aliphatic carbocycles. The lowest BCUT2D eigenvalue weighted by Gasteiger charge is -2.25. The Bertz CT molecular complexity index is 723. The molecule has 5 heteroatoms. The first-order valence-electron chi connectivity index (χ1n) is 9.09. The number of thiazole rings is 1. The van der Waals surface area contributed by atoms with Gasteiger partial charge in [0, 0.05) is 16.5 Å². The summed E-state index contributed by atoms with van der Waals surface area (Å²) in [7, 11) is 0. The monoisotopic (exact) mass is 372 g/mol. The predicted octanol–water partition coefficient (Wildman–Crippen LogP) is 5.34. The van der Waals surface area contributed by atoms with Crippen LogP contribution in [0.3, 0.4) is 0 Å². The third kappa shape index (κ3) is 3.24. The molecule has 25 heavy (non-hydrogen) atoms. The summed E-state index contributed by atoms with van der Waals surface area (Å²) in [5, 5.41) is 5.70. The summed E-state index contributed by atoms with van der Waals surface area (Å²) in [5.74, 6) is 1.30. The van der Waals surface area contributed by atoms with Gasteiger partial charge in [-0.05, 0) is 42.2 Å². The molecule has 0 bridgehead atoms. The van der Waals surface area contributed by atoms with Crippen LogP contribution in [0.25, 0.3) is 0 Å². The third-order valence-corrected chi connectivity index (χ3v) is 7.33. The van der Waals surface area contributed by atoms with E-state index in [-0.39, 0.29) is 11.3 Å². The van der Waals surface area contributed by atoms with Crippen molar-refractivity contribution in [2.75, 3.05) is 11.6 Å². The topological polar surface area (TPSA) is 42.0 Å². The van der Waals surface area contributed by atoms with Crippen molar-refractivity contribution in [1.29, 1.82) is 0 Å². The lowest BCUT2D eigenvalue weighted by Crippen LogP contribution is -2.32. The molecular weight excluding hydrogens is 348 g/mol. The van der Waals surface area contributed by atoms with Crippen molar-refractivity contribution in [2.45, 2.75) is 48.8 Å². The Morgan fingerprint density at radius 1 is 1.24 bits per heavy atom. The highest BCUT2D eigenvalue weighted by Gasteiger charge is 2.63. The van der Waals surface area contributed by atoms with Crippen molar-refractivity contribution in [3.8, 4) is 0 Å². The van der Waals surface area contributed by atoms with Crippen LogP contribution in [0.15, 0.2) is 40.7 Å². The van der Waals surface area contributed by atoms with Crippen LogP contribution in [0.4, 0.5) is 5.13 Å². The largest absolute Gasteiger partial charge is 0.301 e. The number of amides is 1. The lowest BCUT2D eigenvalue weighted by molar-refractivity contribution is -0.119. The number of nitrogens with one attached hydrogen (secondary N) is 1. The molecule has 0 saturated heterocycles. The SMILES string of the molecule is CSc1ccc([C@@]2(C(=O)Nc3nccs3)CC2C2CCCCC2)cc1. The van der Waals surface area contributed by atoms with Gasteiger partial charge in [0.1, 0.15) is 0 Å². The van der Waals surface area contributed by atoms with Gasteiger partial charge in [-0.1, -0.05) is 44.2 Å². The van der Waals surface area contributed by atoms with Crippen LogP contribution in [-0.4, -0.2) is 17.1 Å². The van der Waals surface area contributed by atoms with Crippen LogP contribution >= 0.6 is 23.1 Å². The summed E-state index contributed by atoms with van der Waals surface area (Å²) in [5.41, 5.74) is 0.819. The number of benzene rings is 1. The fourth-order valence-corrected chi connectivity index (χ4v) is 5.43. The highest BCUT2D eigenvalue weighted by Crippen LogP contribution is 2.61. The van der Waals surface area contributed by atoms with Crippen molar-refractivity contribution >= 4 is 34.1 Å². The number of carbonyl (C=O) groups excluding carboxylic acids is 1. The zero-order chi connectivity index (χ0) is 17.3. The molecule has 2 saturated carbocycles. The standard InChI is InChI=1S/C20H24N2OS2/c1-24-16-9-7-15(8-10-16)20(18(23)22-19-21-11-12-25-19)13-17(20)14-5-3-2-4-6-14/h7-12,14,17H,2-6,13H2,1H3,(H,21,22,23)/t17?,20-/m0/s1. The first-order chi connectivity index (χ1) is 12.2. The Labute approximate surface area is 157 Å². The smallest absolute Gasteiger partial charge is 0.237 e. The number of nitrogens with zero attached hydrogens (tertiary/aromatic N) is 1. The van der Waals surface area contributed by atoms with Gasteiger partial charge in [0.25, 0.3) is 0 Å². The van der Waals surface area contributed by atoms with E-state index in [0.717, 1.165) is 6.42 Å². The van der Waals surface area contributed by atoms with E-state index in [2.05, 4.69) is 40.8 Å².